The van der Waals surface area contributed by atoms with Gasteiger partial charge < -0.3 is 0 Å². The molecule has 0 spiro atoms. The third kappa shape index (κ3) is 2.61. The van der Waals surface area contributed by atoms with E-state index in [0.717, 1.165) is 0 Å². The average molecular weight is 346 g/mol. The van der Waals surface area contributed by atoms with Gasteiger partial charge in [-0.15, -0.1) is 0 Å². The zero-order valence-corrected chi connectivity index (χ0v) is 13.3. The summed E-state index contributed by atoms with van der Waals surface area (Å²) in [5.74, 6) is -15.2. The van der Waals surface area contributed by atoms with Gasteiger partial charge in [0.15, 0.2) is 0 Å². The molecule has 0 aromatic carbocycles. The predicted octanol–water partition coefficient (Wildman–Crippen LogP) is 2.56. The van der Waals surface area contributed by atoms with E-state index in [1.165, 1.54) is 39.8 Å². The van der Waals surface area contributed by atoms with Crippen LogP contribution in [0.4, 0.5) is 17.6 Å². The van der Waals surface area contributed by atoms with Crippen molar-refractivity contribution in [1.82, 2.24) is 19.6 Å². The molecule has 0 radical (unpaired) electrons. The van der Waals surface area contributed by atoms with Gasteiger partial charge in [0.05, 0.1) is 11.4 Å². The Hall–Kier alpha value is -2.52. The predicted molar refractivity (Wildman–Crippen MR) is 74.5 cm³/mol. The number of alkyl halides is 4. The smallest absolute Gasteiger partial charge is 0.265 e. The summed E-state index contributed by atoms with van der Waals surface area (Å²) in [7, 11) is 0. The van der Waals surface area contributed by atoms with Crippen molar-refractivity contribution in [1.29, 1.82) is 0 Å². The fraction of sp³-hybridized carbons (Fsp3) is 0.429. The van der Waals surface area contributed by atoms with Crippen LogP contribution in [0.2, 0.25) is 0 Å². The Morgan fingerprint density at radius 3 is 1.29 bits per heavy atom. The Morgan fingerprint density at radius 1 is 0.792 bits per heavy atom. The second kappa shape index (κ2) is 5.53. The minimum atomic E-state index is -5.29. The molecule has 2 aromatic heterocycles. The molecule has 24 heavy (non-hydrogen) atoms. The van der Waals surface area contributed by atoms with E-state index < -0.39 is 23.7 Å². The number of nitrogens with zero attached hydrogens (tertiary/aromatic N) is 4. The molecule has 2 aromatic rings. The first kappa shape index (κ1) is 17.8. The maximum atomic E-state index is 14.1. The van der Waals surface area contributed by atoms with Gasteiger partial charge >= 0.3 is 23.7 Å². The van der Waals surface area contributed by atoms with Crippen LogP contribution in [0.5, 0.6) is 0 Å². The van der Waals surface area contributed by atoms with E-state index in [1.807, 2.05) is 0 Å². The lowest BCUT2D eigenvalue weighted by molar-refractivity contribution is -0.155. The summed E-state index contributed by atoms with van der Waals surface area (Å²) >= 11 is 0. The molecule has 130 valence electrons. The highest BCUT2D eigenvalue weighted by atomic mass is 19.3. The Labute approximate surface area is 134 Å². The van der Waals surface area contributed by atoms with Crippen molar-refractivity contribution < 1.29 is 27.2 Å². The molecule has 10 heteroatoms. The number of hydrogen-bond acceptors (Lipinski definition) is 4. The van der Waals surface area contributed by atoms with E-state index in [4.69, 9.17) is 0 Å². The van der Waals surface area contributed by atoms with Gasteiger partial charge in [0, 0.05) is 11.4 Å². The van der Waals surface area contributed by atoms with Crippen LogP contribution >= 0.6 is 0 Å². The molecule has 0 aliphatic carbocycles. The van der Waals surface area contributed by atoms with E-state index in [2.05, 4.69) is 10.2 Å². The number of aryl methyl sites for hydroxylation is 4. The van der Waals surface area contributed by atoms with Gasteiger partial charge in [-0.05, 0) is 39.8 Å². The summed E-state index contributed by atoms with van der Waals surface area (Å²) in [5, 5.41) is 6.93. The Balaban J connectivity index is 2.46. The number of aromatic nitrogens is 4. The number of halogens is 4. The Kier molecular flexibility index (Phi) is 4.11. The fourth-order valence-corrected chi connectivity index (χ4v) is 2.20. The van der Waals surface area contributed by atoms with Gasteiger partial charge in [-0.25, -0.2) is 0 Å². The quantitative estimate of drug-likeness (QED) is 0.801. The molecule has 2 heterocycles. The molecule has 0 fully saturated rings. The van der Waals surface area contributed by atoms with Crippen molar-refractivity contribution in [3.63, 3.8) is 0 Å². The minimum absolute atomic E-state index is 0.0495. The molecule has 0 saturated heterocycles. The first-order chi connectivity index (χ1) is 10.9. The highest BCUT2D eigenvalue weighted by Crippen LogP contribution is 2.37. The fourth-order valence-electron chi connectivity index (χ4n) is 2.20. The topological polar surface area (TPSA) is 69.8 Å². The lowest BCUT2D eigenvalue weighted by Crippen LogP contribution is -2.56. The summed E-state index contributed by atoms with van der Waals surface area (Å²) in [5.41, 5.74) is 0.299. The molecule has 0 bridgehead atoms. The van der Waals surface area contributed by atoms with Gasteiger partial charge in [0.1, 0.15) is 0 Å². The third-order valence-corrected chi connectivity index (χ3v) is 3.34. The van der Waals surface area contributed by atoms with Gasteiger partial charge in [0.2, 0.25) is 0 Å². The van der Waals surface area contributed by atoms with E-state index in [-0.39, 0.29) is 32.1 Å². The van der Waals surface area contributed by atoms with E-state index >= 15 is 0 Å². The van der Waals surface area contributed by atoms with Crippen molar-refractivity contribution in [3.8, 4) is 0 Å². The molecular weight excluding hydrogens is 332 g/mol. The lowest BCUT2D eigenvalue weighted by atomic mass is 10.1. The van der Waals surface area contributed by atoms with Crippen LogP contribution in [-0.4, -0.2) is 43.2 Å². The van der Waals surface area contributed by atoms with Crippen LogP contribution in [0, 0.1) is 27.7 Å². The van der Waals surface area contributed by atoms with Crippen molar-refractivity contribution in [3.05, 3.63) is 34.9 Å². The standard InChI is InChI=1S/C14H14F4N4O2/c1-7-5-9(3)21(19-7)11(23)13(15,16)14(17,18)12(24)22-10(4)6-8(2)20-22/h5-6H,1-4H3. The molecule has 6 nitrogen and oxygen atoms in total. The molecule has 0 aliphatic rings. The summed E-state index contributed by atoms with van der Waals surface area (Å²) in [6, 6.07) is 2.55. The van der Waals surface area contributed by atoms with Crippen molar-refractivity contribution in [2.75, 3.05) is 0 Å². The lowest BCUT2D eigenvalue weighted by Gasteiger charge is -2.24. The number of hydrogen-bond donors (Lipinski definition) is 0. The first-order valence-electron chi connectivity index (χ1n) is 6.81. The zero-order valence-electron chi connectivity index (χ0n) is 13.3. The van der Waals surface area contributed by atoms with Gasteiger partial charge in [0.25, 0.3) is 0 Å². The van der Waals surface area contributed by atoms with E-state index in [0.29, 0.717) is 0 Å². The van der Waals surface area contributed by atoms with E-state index in [1.54, 1.807) is 0 Å². The van der Waals surface area contributed by atoms with Gasteiger partial charge in [-0.2, -0.15) is 37.1 Å². The summed E-state index contributed by atoms with van der Waals surface area (Å²) in [6.45, 7) is 5.34. The number of rotatable bonds is 3. The molecule has 2 rings (SSSR count). The summed E-state index contributed by atoms with van der Waals surface area (Å²) in [4.78, 5) is 23.7. The molecular formula is C14H14F4N4O2. The maximum Gasteiger partial charge on any atom is 0.398 e. The minimum Gasteiger partial charge on any atom is -0.265 e. The first-order valence-corrected chi connectivity index (χ1v) is 6.81. The second-order valence-corrected chi connectivity index (χ2v) is 5.44. The highest BCUT2D eigenvalue weighted by Gasteiger charge is 2.68. The summed E-state index contributed by atoms with van der Waals surface area (Å²) in [6.07, 6.45) is 0. The second-order valence-electron chi connectivity index (χ2n) is 5.44. The molecule has 0 saturated carbocycles. The van der Waals surface area contributed by atoms with Crippen molar-refractivity contribution in [2.24, 2.45) is 0 Å². The van der Waals surface area contributed by atoms with Crippen LogP contribution in [0.1, 0.15) is 32.4 Å². The third-order valence-electron chi connectivity index (χ3n) is 3.34. The van der Waals surface area contributed by atoms with Crippen LogP contribution in [0.3, 0.4) is 0 Å². The van der Waals surface area contributed by atoms with E-state index in [9.17, 15) is 27.2 Å². The van der Waals surface area contributed by atoms with Crippen molar-refractivity contribution in [2.45, 2.75) is 39.5 Å². The summed E-state index contributed by atoms with van der Waals surface area (Å²) < 4.78 is 56.8. The molecule has 0 aliphatic heterocycles. The average Bonchev–Trinajstić information content (AvgIpc) is 2.97. The highest BCUT2D eigenvalue weighted by molar-refractivity contribution is 5.97. The van der Waals surface area contributed by atoms with Gasteiger partial charge in [-0.1, -0.05) is 0 Å². The Morgan fingerprint density at radius 2 is 1.08 bits per heavy atom. The Bertz CT molecular complexity index is 755. The largest absolute Gasteiger partial charge is 0.398 e. The molecule has 0 N–H and O–H groups in total. The maximum absolute atomic E-state index is 14.1. The SMILES string of the molecule is Cc1cc(C)n(C(=O)C(F)(F)C(F)(F)C(=O)n2nc(C)cc2C)n1. The van der Waals surface area contributed by atoms with Gasteiger partial charge in [-0.3, -0.25) is 9.59 Å². The number of carbonyl (C=O) groups is 2. The monoisotopic (exact) mass is 346 g/mol. The normalized spacial score (nSPS) is 12.5. The van der Waals surface area contributed by atoms with Crippen LogP contribution in [0.25, 0.3) is 0 Å². The van der Waals surface area contributed by atoms with Crippen LogP contribution < -0.4 is 0 Å². The van der Waals surface area contributed by atoms with Crippen molar-refractivity contribution >= 4 is 11.8 Å². The number of carbonyl (C=O) groups excluding carboxylic acids is 2. The molecule has 0 amide bonds. The van der Waals surface area contributed by atoms with Crippen LogP contribution in [0.15, 0.2) is 12.1 Å². The zero-order chi connectivity index (χ0) is 18.4. The molecule has 0 atom stereocenters. The van der Waals surface area contributed by atoms with Crippen LogP contribution in [-0.2, 0) is 0 Å². The molecule has 0 unspecified atom stereocenters.